The average Bonchev–Trinajstić information content (AvgIpc) is 3.42. The summed E-state index contributed by atoms with van der Waals surface area (Å²) in [5.41, 5.74) is 1.99. The molecule has 0 radical (unpaired) electrons. The van der Waals surface area contributed by atoms with Gasteiger partial charge in [-0.25, -0.2) is 4.98 Å². The van der Waals surface area contributed by atoms with Gasteiger partial charge >= 0.3 is 0 Å². The minimum Gasteiger partial charge on any atom is -0.493 e. The zero-order chi connectivity index (χ0) is 26.4. The lowest BCUT2D eigenvalue weighted by atomic mass is 9.97. The van der Waals surface area contributed by atoms with E-state index >= 15 is 0 Å². The van der Waals surface area contributed by atoms with Crippen molar-refractivity contribution in [2.75, 3.05) is 27.3 Å². The molecular formula is C28H33N3O5S. The number of methoxy groups -OCH3 is 2. The highest BCUT2D eigenvalue weighted by molar-refractivity contribution is 7.09. The largest absolute Gasteiger partial charge is 0.493 e. The summed E-state index contributed by atoms with van der Waals surface area (Å²) >= 11 is 1.50. The predicted molar refractivity (Wildman–Crippen MR) is 143 cm³/mol. The second-order valence-electron chi connectivity index (χ2n) is 9.20. The Morgan fingerprint density at radius 3 is 2.41 bits per heavy atom. The molecule has 8 nitrogen and oxygen atoms in total. The maximum atomic E-state index is 12.9. The number of aromatic nitrogens is 1. The Morgan fingerprint density at radius 1 is 1.05 bits per heavy atom. The van der Waals surface area contributed by atoms with Gasteiger partial charge in [0.2, 0.25) is 0 Å². The smallest absolute Gasteiger partial charge is 0.271 e. The minimum atomic E-state index is -0.213. The molecule has 2 aromatic carbocycles. The van der Waals surface area contributed by atoms with Crippen LogP contribution in [0.4, 0.5) is 0 Å². The molecule has 1 saturated heterocycles. The Labute approximate surface area is 221 Å². The number of benzene rings is 2. The molecule has 2 heterocycles. The number of carbonyl (C=O) groups is 2. The van der Waals surface area contributed by atoms with E-state index in [9.17, 15) is 9.59 Å². The van der Waals surface area contributed by atoms with Crippen molar-refractivity contribution in [3.63, 3.8) is 0 Å². The Balaban J connectivity index is 1.28. The fourth-order valence-corrected chi connectivity index (χ4v) is 5.27. The molecule has 196 valence electrons. The number of hydrogen-bond donors (Lipinski definition) is 1. The molecule has 0 bridgehead atoms. The number of amides is 2. The molecule has 0 unspecified atom stereocenters. The van der Waals surface area contributed by atoms with Crippen LogP contribution < -0.4 is 19.5 Å². The summed E-state index contributed by atoms with van der Waals surface area (Å²) in [6.45, 7) is 5.63. The number of rotatable bonds is 9. The van der Waals surface area contributed by atoms with Crippen LogP contribution in [-0.2, 0) is 6.54 Å². The van der Waals surface area contributed by atoms with E-state index in [1.807, 2.05) is 61.2 Å². The van der Waals surface area contributed by atoms with E-state index in [0.29, 0.717) is 42.4 Å². The van der Waals surface area contributed by atoms with E-state index in [2.05, 4.69) is 10.3 Å². The van der Waals surface area contributed by atoms with Crippen LogP contribution in [0, 0.1) is 0 Å². The third-order valence-electron chi connectivity index (χ3n) is 6.26. The van der Waals surface area contributed by atoms with Crippen LogP contribution in [-0.4, -0.2) is 55.1 Å². The highest BCUT2D eigenvalue weighted by Gasteiger charge is 2.27. The van der Waals surface area contributed by atoms with Crippen molar-refractivity contribution >= 4 is 23.2 Å². The first-order valence-corrected chi connectivity index (χ1v) is 13.3. The molecule has 1 fully saturated rings. The highest BCUT2D eigenvalue weighted by atomic mass is 32.1. The Morgan fingerprint density at radius 2 is 1.76 bits per heavy atom. The zero-order valence-corrected chi connectivity index (χ0v) is 22.5. The summed E-state index contributed by atoms with van der Waals surface area (Å²) in [5.74, 6) is 2.08. The zero-order valence-electron chi connectivity index (χ0n) is 21.7. The minimum absolute atomic E-state index is 0.0314. The summed E-state index contributed by atoms with van der Waals surface area (Å²) in [7, 11) is 3.17. The van der Waals surface area contributed by atoms with Gasteiger partial charge in [0, 0.05) is 36.5 Å². The van der Waals surface area contributed by atoms with Gasteiger partial charge in [0.1, 0.15) is 11.4 Å². The molecule has 0 spiro atoms. The number of hydrogen-bond acceptors (Lipinski definition) is 7. The maximum Gasteiger partial charge on any atom is 0.271 e. The van der Waals surface area contributed by atoms with Crippen LogP contribution in [0.3, 0.4) is 0 Å². The average molecular weight is 524 g/mol. The quantitative estimate of drug-likeness (QED) is 0.429. The first-order valence-electron chi connectivity index (χ1n) is 12.4. The van der Waals surface area contributed by atoms with Crippen molar-refractivity contribution in [2.24, 2.45) is 0 Å². The molecule has 9 heteroatoms. The predicted octanol–water partition coefficient (Wildman–Crippen LogP) is 4.90. The number of nitrogens with one attached hydrogen (secondary N) is 1. The number of nitrogens with zero attached hydrogens (tertiary/aromatic N) is 2. The second kappa shape index (κ2) is 12.1. The molecular weight excluding hydrogens is 490 g/mol. The van der Waals surface area contributed by atoms with Crippen molar-refractivity contribution in [3.8, 4) is 17.2 Å². The van der Waals surface area contributed by atoms with Gasteiger partial charge < -0.3 is 24.4 Å². The number of carbonyl (C=O) groups excluding carboxylic acids is 2. The molecule has 4 rings (SSSR count). The molecule has 1 aliphatic rings. The van der Waals surface area contributed by atoms with Crippen LogP contribution in [0.25, 0.3) is 0 Å². The van der Waals surface area contributed by atoms with Gasteiger partial charge in [-0.15, -0.1) is 11.3 Å². The monoisotopic (exact) mass is 523 g/mol. The highest BCUT2D eigenvalue weighted by Crippen LogP contribution is 2.31. The van der Waals surface area contributed by atoms with Crippen LogP contribution in [0.1, 0.15) is 64.0 Å². The Bertz CT molecular complexity index is 1220. The van der Waals surface area contributed by atoms with Crippen molar-refractivity contribution < 1.29 is 23.8 Å². The normalized spacial score (nSPS) is 13.9. The molecule has 1 aliphatic heterocycles. The number of piperidine rings is 1. The van der Waals surface area contributed by atoms with Crippen molar-refractivity contribution in [1.82, 2.24) is 15.2 Å². The van der Waals surface area contributed by atoms with E-state index in [1.54, 1.807) is 19.6 Å². The third-order valence-corrected chi connectivity index (χ3v) is 7.27. The Hall–Kier alpha value is -3.59. The fraction of sp³-hybridized carbons (Fsp3) is 0.393. The van der Waals surface area contributed by atoms with Gasteiger partial charge in [-0.05, 0) is 68.7 Å². The van der Waals surface area contributed by atoms with E-state index < -0.39 is 0 Å². The van der Waals surface area contributed by atoms with Crippen molar-refractivity contribution in [2.45, 2.75) is 45.3 Å². The molecule has 2 amide bonds. The standard InChI is InChI=1S/C28H33N3O5S/c1-18(2)36-22-8-6-21(7-9-22)28(33)31-13-11-20(12-14-31)27-30-23(17-37-27)26(32)29-16-19-5-10-24(34-3)25(15-19)35-4/h5-10,15,17-18,20H,11-14,16H2,1-4H3,(H,29,32). The van der Waals surface area contributed by atoms with Gasteiger partial charge in [-0.2, -0.15) is 0 Å². The molecule has 1 aromatic heterocycles. The molecule has 3 aromatic rings. The lowest BCUT2D eigenvalue weighted by Gasteiger charge is -2.31. The summed E-state index contributed by atoms with van der Waals surface area (Å²) in [6.07, 6.45) is 1.73. The van der Waals surface area contributed by atoms with Crippen molar-refractivity contribution in [1.29, 1.82) is 0 Å². The molecule has 37 heavy (non-hydrogen) atoms. The molecule has 0 saturated carbocycles. The van der Waals surface area contributed by atoms with E-state index in [4.69, 9.17) is 14.2 Å². The first-order chi connectivity index (χ1) is 17.9. The lowest BCUT2D eigenvalue weighted by molar-refractivity contribution is 0.0713. The number of likely N-dealkylation sites (tertiary alicyclic amines) is 1. The van der Waals surface area contributed by atoms with Gasteiger partial charge in [-0.1, -0.05) is 6.07 Å². The van der Waals surface area contributed by atoms with Gasteiger partial charge in [-0.3, -0.25) is 9.59 Å². The number of ether oxygens (including phenoxy) is 3. The molecule has 0 atom stereocenters. The van der Waals surface area contributed by atoms with Crippen LogP contribution in [0.5, 0.6) is 17.2 Å². The van der Waals surface area contributed by atoms with Crippen LogP contribution >= 0.6 is 11.3 Å². The maximum absolute atomic E-state index is 12.9. The Kier molecular flexibility index (Phi) is 8.66. The molecule has 1 N–H and O–H groups in total. The summed E-state index contributed by atoms with van der Waals surface area (Å²) < 4.78 is 16.2. The SMILES string of the molecule is COc1ccc(CNC(=O)c2csc(C3CCN(C(=O)c4ccc(OC(C)C)cc4)CC3)n2)cc1OC. The summed E-state index contributed by atoms with van der Waals surface area (Å²) in [5, 5.41) is 5.67. The summed E-state index contributed by atoms with van der Waals surface area (Å²) in [6, 6.07) is 12.9. The topological polar surface area (TPSA) is 90.0 Å². The lowest BCUT2D eigenvalue weighted by Crippen LogP contribution is -2.37. The van der Waals surface area contributed by atoms with E-state index in [1.165, 1.54) is 11.3 Å². The first kappa shape index (κ1) is 26.5. The second-order valence-corrected chi connectivity index (χ2v) is 10.1. The van der Waals surface area contributed by atoms with Gasteiger partial charge in [0.25, 0.3) is 11.8 Å². The van der Waals surface area contributed by atoms with Crippen molar-refractivity contribution in [3.05, 3.63) is 69.7 Å². The third kappa shape index (κ3) is 6.60. The van der Waals surface area contributed by atoms with Gasteiger partial charge in [0.15, 0.2) is 11.5 Å². The van der Waals surface area contributed by atoms with E-state index in [-0.39, 0.29) is 23.8 Å². The van der Waals surface area contributed by atoms with Crippen LogP contribution in [0.2, 0.25) is 0 Å². The summed E-state index contributed by atoms with van der Waals surface area (Å²) in [4.78, 5) is 32.1. The van der Waals surface area contributed by atoms with E-state index in [0.717, 1.165) is 29.2 Å². The number of thiazole rings is 1. The fourth-order valence-electron chi connectivity index (χ4n) is 4.30. The molecule has 0 aliphatic carbocycles. The van der Waals surface area contributed by atoms with Crippen LogP contribution in [0.15, 0.2) is 47.8 Å². The van der Waals surface area contributed by atoms with Gasteiger partial charge in [0.05, 0.1) is 25.3 Å².